The number of nitrogens with one attached hydrogen (secondary N) is 1. The smallest absolute Gasteiger partial charge is 0.408 e. The molecule has 0 bridgehead atoms. The van der Waals surface area contributed by atoms with Gasteiger partial charge in [0.2, 0.25) is 0 Å². The number of hydrogen-bond acceptors (Lipinski definition) is 15. The van der Waals surface area contributed by atoms with E-state index in [0.29, 0.717) is 0 Å². The molecule has 0 radical (unpaired) electrons. The summed E-state index contributed by atoms with van der Waals surface area (Å²) in [4.78, 5) is 59.0. The lowest BCUT2D eigenvalue weighted by Crippen LogP contribution is -2.43. The summed E-state index contributed by atoms with van der Waals surface area (Å²) in [6.45, 7) is -1.99. The van der Waals surface area contributed by atoms with Gasteiger partial charge in [0.15, 0.2) is 29.6 Å². The second kappa shape index (κ2) is 15.8. The molecule has 0 fully saturated rings. The predicted molar refractivity (Wildman–Crippen MR) is 140 cm³/mol. The van der Waals surface area contributed by atoms with Crippen molar-refractivity contribution in [2.75, 3.05) is 35.0 Å². The normalized spacial score (nSPS) is 10.8. The van der Waals surface area contributed by atoms with Gasteiger partial charge >= 0.3 is 18.0 Å². The molecule has 2 aromatic rings. The van der Waals surface area contributed by atoms with Gasteiger partial charge in [0.25, 0.3) is 11.4 Å². The van der Waals surface area contributed by atoms with Crippen LogP contribution in [0.15, 0.2) is 24.3 Å². The highest BCUT2D eigenvalue weighted by Gasteiger charge is 2.29. The third kappa shape index (κ3) is 9.07. The Morgan fingerprint density at radius 1 is 0.791 bits per heavy atom. The van der Waals surface area contributed by atoms with Crippen molar-refractivity contribution in [2.45, 2.75) is 25.7 Å². The molecule has 0 heterocycles. The van der Waals surface area contributed by atoms with Crippen molar-refractivity contribution in [3.05, 3.63) is 55.6 Å². The third-order valence-corrected chi connectivity index (χ3v) is 5.54. The predicted octanol–water partition coefficient (Wildman–Crippen LogP) is 2.33. The molecule has 2 rings (SSSR count). The molecule has 1 N–H and O–H groups in total. The maximum Gasteiger partial charge on any atom is 0.408 e. The van der Waals surface area contributed by atoms with Crippen molar-refractivity contribution in [3.63, 3.8) is 0 Å². The van der Waals surface area contributed by atoms with Gasteiger partial charge in [0.1, 0.15) is 25.3 Å². The molecule has 1 unspecified atom stereocenters. The van der Waals surface area contributed by atoms with Gasteiger partial charge in [-0.1, -0.05) is 0 Å². The quantitative estimate of drug-likeness (QED) is 0.100. The number of nitriles is 1. The number of hydrogen-bond donors (Lipinski definition) is 1. The zero-order valence-corrected chi connectivity index (χ0v) is 23.3. The number of carbonyl (C=O) groups excluding carboxylic acids is 3. The van der Waals surface area contributed by atoms with Crippen molar-refractivity contribution in [2.24, 2.45) is 0 Å². The van der Waals surface area contributed by atoms with Crippen LogP contribution in [0.5, 0.6) is 23.0 Å². The van der Waals surface area contributed by atoms with E-state index < -0.39 is 71.5 Å². The first kappa shape index (κ1) is 33.3. The molecule has 230 valence electrons. The van der Waals surface area contributed by atoms with Crippen molar-refractivity contribution in [1.29, 1.82) is 5.26 Å². The minimum atomic E-state index is -1.73. The fourth-order valence-electron chi connectivity index (χ4n) is 3.50. The zero-order valence-electron chi connectivity index (χ0n) is 23.3. The topological polar surface area (TPSA) is 238 Å². The molecule has 43 heavy (non-hydrogen) atoms. The van der Waals surface area contributed by atoms with Crippen molar-refractivity contribution >= 4 is 29.4 Å². The van der Waals surface area contributed by atoms with Crippen molar-refractivity contribution in [1.82, 2.24) is 5.32 Å². The number of ether oxygens (including phenoxy) is 7. The summed E-state index contributed by atoms with van der Waals surface area (Å²) < 4.78 is 35.0. The van der Waals surface area contributed by atoms with Crippen molar-refractivity contribution < 1.29 is 57.4 Å². The van der Waals surface area contributed by atoms with Crippen LogP contribution in [0.4, 0.5) is 16.2 Å². The highest BCUT2D eigenvalue weighted by atomic mass is 16.6. The number of esters is 2. The molecule has 0 saturated heterocycles. The Kier molecular flexibility index (Phi) is 12.3. The molecule has 0 aliphatic carbocycles. The molecule has 0 aliphatic rings. The van der Waals surface area contributed by atoms with Crippen LogP contribution < -0.4 is 24.3 Å². The summed E-state index contributed by atoms with van der Waals surface area (Å²) in [6, 6.07) is 4.41. The largest absolute Gasteiger partial charge is 0.493 e. The molecule has 2 aromatic carbocycles. The zero-order chi connectivity index (χ0) is 32.1. The summed E-state index contributed by atoms with van der Waals surface area (Å²) in [6.07, 6.45) is -2.12. The molecule has 0 spiro atoms. The average Bonchev–Trinajstić information content (AvgIpc) is 2.99. The second-order valence-corrected chi connectivity index (χ2v) is 8.09. The fourth-order valence-corrected chi connectivity index (χ4v) is 3.50. The van der Waals surface area contributed by atoms with Gasteiger partial charge in [-0.15, -0.1) is 0 Å². The van der Waals surface area contributed by atoms with Crippen LogP contribution in [-0.2, 0) is 37.0 Å². The second-order valence-electron chi connectivity index (χ2n) is 8.09. The van der Waals surface area contributed by atoms with Crippen LogP contribution in [-0.4, -0.2) is 69.0 Å². The van der Waals surface area contributed by atoms with E-state index in [0.717, 1.165) is 12.1 Å². The lowest BCUT2D eigenvalue weighted by Gasteiger charge is -2.17. The Labute approximate surface area is 243 Å². The lowest BCUT2D eigenvalue weighted by atomic mass is 10.1. The fraction of sp³-hybridized carbons (Fsp3) is 0.360. The summed E-state index contributed by atoms with van der Waals surface area (Å²) in [5.74, 6) is -1.95. The number of nitro groups is 2. The van der Waals surface area contributed by atoms with Crippen LogP contribution in [0.1, 0.15) is 17.5 Å². The molecule has 18 heteroatoms. The lowest BCUT2D eigenvalue weighted by molar-refractivity contribution is -0.386. The van der Waals surface area contributed by atoms with E-state index in [1.165, 1.54) is 40.6 Å². The monoisotopic (exact) mass is 607 g/mol. The van der Waals surface area contributed by atoms with Gasteiger partial charge in [-0.25, -0.2) is 9.59 Å². The van der Waals surface area contributed by atoms with Crippen LogP contribution in [0.3, 0.4) is 0 Å². The van der Waals surface area contributed by atoms with Gasteiger partial charge in [-0.2, -0.15) is 5.26 Å². The van der Waals surface area contributed by atoms with Gasteiger partial charge in [0.05, 0.1) is 68.0 Å². The highest BCUT2D eigenvalue weighted by Crippen LogP contribution is 2.36. The van der Waals surface area contributed by atoms with Crippen molar-refractivity contribution in [3.8, 4) is 29.1 Å². The van der Waals surface area contributed by atoms with Gasteiger partial charge in [0, 0.05) is 0 Å². The van der Waals surface area contributed by atoms with E-state index in [9.17, 15) is 34.6 Å². The Balaban J connectivity index is 2.17. The molecule has 0 aliphatic heterocycles. The molecular formula is C25H26N4O14. The number of benzene rings is 2. The first-order chi connectivity index (χ1) is 20.5. The number of amides is 1. The third-order valence-electron chi connectivity index (χ3n) is 5.54. The van der Waals surface area contributed by atoms with Crippen LogP contribution in [0.25, 0.3) is 0 Å². The number of methoxy groups -OCH3 is 4. The maximum absolute atomic E-state index is 12.6. The summed E-state index contributed by atoms with van der Waals surface area (Å²) >= 11 is 0. The SMILES string of the molecule is COc1cc(COC(=O)NC(C[13C](=O)OCc2cc(OC)c(OC)cc2[N+](=O)[O-])C(=O)OCC#N)c([N+](=O)[O-])cc1OC. The molecule has 1 amide bonds. The number of rotatable bonds is 15. The minimum absolute atomic E-state index is 0.0552. The molecule has 0 aromatic heterocycles. The minimum Gasteiger partial charge on any atom is -0.493 e. The van der Waals surface area contributed by atoms with Crippen LogP contribution >= 0.6 is 0 Å². The van der Waals surface area contributed by atoms with E-state index in [4.69, 9.17) is 33.7 Å². The Morgan fingerprint density at radius 2 is 1.23 bits per heavy atom. The first-order valence-corrected chi connectivity index (χ1v) is 11.9. The number of alkyl carbamates (subject to hydrolysis) is 1. The highest BCUT2D eigenvalue weighted by molar-refractivity contribution is 5.86. The number of carbonyl (C=O) groups is 3. The Bertz CT molecular complexity index is 1330. The van der Waals surface area contributed by atoms with Gasteiger partial charge in [-0.3, -0.25) is 25.0 Å². The van der Waals surface area contributed by atoms with Crippen LogP contribution in [0.2, 0.25) is 0 Å². The van der Waals surface area contributed by atoms with Gasteiger partial charge < -0.3 is 38.5 Å². The Hall–Kier alpha value is -5.86. The average molecular weight is 607 g/mol. The number of nitrogens with zero attached hydrogens (tertiary/aromatic N) is 3. The van der Waals surface area contributed by atoms with E-state index in [1.54, 1.807) is 6.07 Å². The summed E-state index contributed by atoms with van der Waals surface area (Å²) in [5.41, 5.74) is -1.05. The molecular weight excluding hydrogens is 581 g/mol. The summed E-state index contributed by atoms with van der Waals surface area (Å²) in [7, 11) is 5.14. The maximum atomic E-state index is 12.6. The molecule has 1 atom stereocenters. The van der Waals surface area contributed by atoms with E-state index >= 15 is 0 Å². The van der Waals surface area contributed by atoms with E-state index in [-0.39, 0.29) is 34.1 Å². The Morgan fingerprint density at radius 3 is 1.65 bits per heavy atom. The van der Waals surface area contributed by atoms with E-state index in [1.807, 2.05) is 0 Å². The molecule has 18 nitrogen and oxygen atoms in total. The molecule has 0 saturated carbocycles. The number of nitro benzene ring substituents is 2. The van der Waals surface area contributed by atoms with Gasteiger partial charge in [-0.05, 0) is 12.1 Å². The standard InChI is InChI=1S/C25H26N4O14/c1-37-19-7-14(17(28(33)34)10-21(19)39-3)12-42-23(30)9-16(24(31)41-6-5-26)27-25(32)43-13-15-8-20(38-2)22(40-4)11-18(15)29(35)36/h7-8,10-11,16H,6,9,12-13H2,1-4H3,(H,27,32)/i23+1. The first-order valence-electron chi connectivity index (χ1n) is 11.9. The van der Waals surface area contributed by atoms with Crippen LogP contribution in [0, 0.1) is 31.6 Å². The van der Waals surface area contributed by atoms with E-state index in [2.05, 4.69) is 10.1 Å². The summed E-state index contributed by atoms with van der Waals surface area (Å²) in [5, 5.41) is 33.7.